The number of unbranched alkanes of at least 4 members (excludes halogenated alkanes) is 1. The number of benzene rings is 1. The third kappa shape index (κ3) is 4.44. The lowest BCUT2D eigenvalue weighted by Crippen LogP contribution is -2.29. The Labute approximate surface area is 114 Å². The zero-order valence-electron chi connectivity index (χ0n) is 11.8. The van der Waals surface area contributed by atoms with Crippen molar-refractivity contribution in [3.8, 4) is 11.5 Å². The van der Waals surface area contributed by atoms with Crippen LogP contribution in [0.3, 0.4) is 0 Å². The van der Waals surface area contributed by atoms with Gasteiger partial charge < -0.3 is 9.47 Å². The van der Waals surface area contributed by atoms with Crippen molar-refractivity contribution in [3.05, 3.63) is 23.3 Å². The van der Waals surface area contributed by atoms with Crippen LogP contribution in [0.25, 0.3) is 0 Å². The minimum Gasteiger partial charge on any atom is -0.496 e. The van der Waals surface area contributed by atoms with E-state index in [4.69, 9.17) is 15.3 Å². The van der Waals surface area contributed by atoms with E-state index in [2.05, 4.69) is 5.43 Å². The summed E-state index contributed by atoms with van der Waals surface area (Å²) in [7, 11) is 3.32. The van der Waals surface area contributed by atoms with Crippen molar-refractivity contribution >= 4 is 5.91 Å². The Morgan fingerprint density at radius 1 is 1.21 bits per heavy atom. The quantitative estimate of drug-likeness (QED) is 0.341. The van der Waals surface area contributed by atoms with Crippen LogP contribution in [0.4, 0.5) is 0 Å². The first-order valence-electron chi connectivity index (χ1n) is 6.33. The molecule has 0 aliphatic heterocycles. The minimum atomic E-state index is -0.131. The smallest absolute Gasteiger partial charge is 0.233 e. The summed E-state index contributed by atoms with van der Waals surface area (Å²) in [6.45, 7) is 1.98. The fourth-order valence-corrected chi connectivity index (χ4v) is 1.98. The van der Waals surface area contributed by atoms with E-state index < -0.39 is 0 Å². The molecule has 0 spiro atoms. The molecule has 19 heavy (non-hydrogen) atoms. The van der Waals surface area contributed by atoms with E-state index in [1.54, 1.807) is 14.2 Å². The molecule has 0 atom stereocenters. The molecule has 0 fully saturated rings. The third-order valence-electron chi connectivity index (χ3n) is 3.06. The van der Waals surface area contributed by atoms with Crippen LogP contribution >= 0.6 is 0 Å². The SMILES string of the molecule is COc1cc(CCCCC(=O)NN)c(OC)cc1C. The molecule has 0 heterocycles. The molecular formula is C14H22N2O3. The fourth-order valence-electron chi connectivity index (χ4n) is 1.98. The molecule has 0 aromatic heterocycles. The zero-order valence-corrected chi connectivity index (χ0v) is 11.8. The second-order valence-corrected chi connectivity index (χ2v) is 4.41. The molecular weight excluding hydrogens is 244 g/mol. The van der Waals surface area contributed by atoms with Gasteiger partial charge in [0.15, 0.2) is 0 Å². The molecule has 5 heteroatoms. The van der Waals surface area contributed by atoms with Gasteiger partial charge in [0.25, 0.3) is 0 Å². The molecule has 5 nitrogen and oxygen atoms in total. The van der Waals surface area contributed by atoms with E-state index in [9.17, 15) is 4.79 Å². The molecule has 0 aliphatic rings. The molecule has 1 aromatic carbocycles. The number of hydrogen-bond donors (Lipinski definition) is 2. The molecule has 0 unspecified atom stereocenters. The predicted octanol–water partition coefficient (Wildman–Crippen LogP) is 1.71. The first-order chi connectivity index (χ1) is 9.12. The first-order valence-corrected chi connectivity index (χ1v) is 6.33. The number of nitrogens with one attached hydrogen (secondary N) is 1. The van der Waals surface area contributed by atoms with Gasteiger partial charge >= 0.3 is 0 Å². The average Bonchev–Trinajstić information content (AvgIpc) is 2.43. The van der Waals surface area contributed by atoms with E-state index in [0.717, 1.165) is 41.9 Å². The number of aryl methyl sites for hydroxylation is 2. The van der Waals surface area contributed by atoms with Gasteiger partial charge in [0.1, 0.15) is 11.5 Å². The van der Waals surface area contributed by atoms with Crippen LogP contribution in [-0.2, 0) is 11.2 Å². The topological polar surface area (TPSA) is 73.6 Å². The van der Waals surface area contributed by atoms with Crippen LogP contribution in [-0.4, -0.2) is 20.1 Å². The van der Waals surface area contributed by atoms with Crippen molar-refractivity contribution in [3.63, 3.8) is 0 Å². The van der Waals surface area contributed by atoms with Gasteiger partial charge in [-0.2, -0.15) is 0 Å². The van der Waals surface area contributed by atoms with Crippen LogP contribution in [0.2, 0.25) is 0 Å². The molecule has 0 bridgehead atoms. The normalized spacial score (nSPS) is 10.1. The summed E-state index contributed by atoms with van der Waals surface area (Å²) in [6, 6.07) is 3.97. The van der Waals surface area contributed by atoms with Gasteiger partial charge in [-0.1, -0.05) is 0 Å². The largest absolute Gasteiger partial charge is 0.496 e. The monoisotopic (exact) mass is 266 g/mol. The maximum Gasteiger partial charge on any atom is 0.233 e. The summed E-state index contributed by atoms with van der Waals surface area (Å²) in [5, 5.41) is 0. The average molecular weight is 266 g/mol. The second-order valence-electron chi connectivity index (χ2n) is 4.41. The minimum absolute atomic E-state index is 0.131. The van der Waals surface area contributed by atoms with Gasteiger partial charge in [0.05, 0.1) is 14.2 Å². The van der Waals surface area contributed by atoms with Crippen molar-refractivity contribution < 1.29 is 14.3 Å². The summed E-state index contributed by atoms with van der Waals surface area (Å²) in [5.74, 6) is 6.62. The van der Waals surface area contributed by atoms with E-state index in [1.807, 2.05) is 19.1 Å². The molecule has 1 aromatic rings. The highest BCUT2D eigenvalue weighted by Gasteiger charge is 2.08. The number of nitrogens with two attached hydrogens (primary N) is 1. The number of hydrogen-bond acceptors (Lipinski definition) is 4. The lowest BCUT2D eigenvalue weighted by molar-refractivity contribution is -0.121. The Hall–Kier alpha value is -1.75. The molecule has 0 saturated heterocycles. The lowest BCUT2D eigenvalue weighted by Gasteiger charge is -2.13. The van der Waals surface area contributed by atoms with Crippen molar-refractivity contribution in [2.75, 3.05) is 14.2 Å². The second kappa shape index (κ2) is 7.63. The van der Waals surface area contributed by atoms with Gasteiger partial charge in [0, 0.05) is 6.42 Å². The summed E-state index contributed by atoms with van der Waals surface area (Å²) in [4.78, 5) is 11.0. The van der Waals surface area contributed by atoms with Gasteiger partial charge in [-0.3, -0.25) is 10.2 Å². The van der Waals surface area contributed by atoms with Gasteiger partial charge in [0.2, 0.25) is 5.91 Å². The number of hydrazine groups is 1. The number of carbonyl (C=O) groups is 1. The maximum atomic E-state index is 11.0. The highest BCUT2D eigenvalue weighted by molar-refractivity contribution is 5.75. The number of amides is 1. The fraction of sp³-hybridized carbons (Fsp3) is 0.500. The highest BCUT2D eigenvalue weighted by Crippen LogP contribution is 2.29. The van der Waals surface area contributed by atoms with Gasteiger partial charge in [-0.05, 0) is 49.4 Å². The predicted molar refractivity (Wildman–Crippen MR) is 74.2 cm³/mol. The van der Waals surface area contributed by atoms with Gasteiger partial charge in [-0.15, -0.1) is 0 Å². The Balaban J connectivity index is 2.63. The Kier molecular flexibility index (Phi) is 6.15. The Morgan fingerprint density at radius 2 is 1.89 bits per heavy atom. The van der Waals surface area contributed by atoms with E-state index in [-0.39, 0.29) is 5.91 Å². The number of carbonyl (C=O) groups excluding carboxylic acids is 1. The van der Waals surface area contributed by atoms with Crippen molar-refractivity contribution in [2.45, 2.75) is 32.6 Å². The van der Waals surface area contributed by atoms with Crippen molar-refractivity contribution in [1.29, 1.82) is 0 Å². The van der Waals surface area contributed by atoms with Crippen LogP contribution < -0.4 is 20.7 Å². The molecule has 3 N–H and O–H groups in total. The third-order valence-corrected chi connectivity index (χ3v) is 3.06. The Bertz CT molecular complexity index is 433. The van der Waals surface area contributed by atoms with E-state index in [1.165, 1.54) is 0 Å². The number of ether oxygens (including phenoxy) is 2. The Morgan fingerprint density at radius 3 is 2.47 bits per heavy atom. The summed E-state index contributed by atoms with van der Waals surface area (Å²) >= 11 is 0. The van der Waals surface area contributed by atoms with Crippen LogP contribution in [0, 0.1) is 6.92 Å². The van der Waals surface area contributed by atoms with Crippen LogP contribution in [0.15, 0.2) is 12.1 Å². The number of rotatable bonds is 7. The first kappa shape index (κ1) is 15.3. The van der Waals surface area contributed by atoms with E-state index in [0.29, 0.717) is 6.42 Å². The zero-order chi connectivity index (χ0) is 14.3. The molecule has 1 rings (SSSR count). The molecule has 0 aliphatic carbocycles. The molecule has 0 saturated carbocycles. The van der Waals surface area contributed by atoms with Crippen LogP contribution in [0.1, 0.15) is 30.4 Å². The van der Waals surface area contributed by atoms with Crippen molar-refractivity contribution in [2.24, 2.45) is 5.84 Å². The lowest BCUT2D eigenvalue weighted by atomic mass is 10.0. The van der Waals surface area contributed by atoms with Crippen molar-refractivity contribution in [1.82, 2.24) is 5.43 Å². The van der Waals surface area contributed by atoms with E-state index >= 15 is 0 Å². The summed E-state index contributed by atoms with van der Waals surface area (Å²) in [5.41, 5.74) is 4.27. The highest BCUT2D eigenvalue weighted by atomic mass is 16.5. The summed E-state index contributed by atoms with van der Waals surface area (Å²) in [6.07, 6.45) is 2.98. The summed E-state index contributed by atoms with van der Waals surface area (Å²) < 4.78 is 10.7. The van der Waals surface area contributed by atoms with Crippen LogP contribution in [0.5, 0.6) is 11.5 Å². The molecule has 0 radical (unpaired) electrons. The number of methoxy groups -OCH3 is 2. The maximum absolute atomic E-state index is 11.0. The standard InChI is InChI=1S/C14H22N2O3/c1-10-8-13(19-3)11(9-12(10)18-2)6-4-5-7-14(17)16-15/h8-9H,4-7,15H2,1-3H3,(H,16,17). The molecule has 106 valence electrons. The molecule has 1 amide bonds. The van der Waals surface area contributed by atoms with Gasteiger partial charge in [-0.25, -0.2) is 5.84 Å².